The summed E-state index contributed by atoms with van der Waals surface area (Å²) in [4.78, 5) is 0. The van der Waals surface area contributed by atoms with E-state index in [0.717, 1.165) is 6.04 Å². The second-order valence-electron chi connectivity index (χ2n) is 4.58. The van der Waals surface area contributed by atoms with Gasteiger partial charge in [0.15, 0.2) is 0 Å². The molecule has 0 bridgehead atoms. The van der Waals surface area contributed by atoms with Crippen LogP contribution in [-0.4, -0.2) is 13.1 Å². The van der Waals surface area contributed by atoms with Gasteiger partial charge in [-0.3, -0.25) is 0 Å². The highest BCUT2D eigenvalue weighted by Gasteiger charge is 2.23. The highest BCUT2D eigenvalue weighted by Crippen LogP contribution is 2.33. The third kappa shape index (κ3) is 2.82. The quantitative estimate of drug-likeness (QED) is 0.574. The van der Waals surface area contributed by atoms with Crippen molar-refractivity contribution in [3.8, 4) is 0 Å². The van der Waals surface area contributed by atoms with Gasteiger partial charge < -0.3 is 5.32 Å². The van der Waals surface area contributed by atoms with Crippen molar-refractivity contribution >= 4 is 0 Å². The van der Waals surface area contributed by atoms with Crippen LogP contribution in [0.15, 0.2) is 0 Å². The molecule has 1 heteroatoms. The summed E-state index contributed by atoms with van der Waals surface area (Å²) in [5.41, 5.74) is 0.603. The molecule has 0 aromatic heterocycles. The van der Waals surface area contributed by atoms with Gasteiger partial charge in [0.05, 0.1) is 0 Å². The van der Waals surface area contributed by atoms with E-state index in [1.165, 1.54) is 32.1 Å². The Morgan fingerprint density at radius 1 is 1.18 bits per heavy atom. The topological polar surface area (TPSA) is 12.0 Å². The molecule has 1 saturated carbocycles. The van der Waals surface area contributed by atoms with Crippen LogP contribution < -0.4 is 5.32 Å². The average Bonchev–Trinajstić information content (AvgIpc) is 2.10. The van der Waals surface area contributed by atoms with Gasteiger partial charge in [-0.05, 0) is 38.1 Å². The summed E-state index contributed by atoms with van der Waals surface area (Å²) in [5.74, 6) is 0. The van der Waals surface area contributed by atoms with Gasteiger partial charge in [0.25, 0.3) is 0 Å². The molecule has 0 heterocycles. The molecule has 1 rings (SSSR count). The zero-order valence-electron chi connectivity index (χ0n) is 8.11. The SMILES string of the molecule is CN[C@H]1CCCC(C)(C)CC1. The summed E-state index contributed by atoms with van der Waals surface area (Å²) >= 11 is 0. The molecule has 1 atom stereocenters. The molecule has 1 nitrogen and oxygen atoms in total. The van der Waals surface area contributed by atoms with Gasteiger partial charge in [0.1, 0.15) is 0 Å². The van der Waals surface area contributed by atoms with E-state index in [2.05, 4.69) is 26.2 Å². The molecular weight excluding hydrogens is 134 g/mol. The summed E-state index contributed by atoms with van der Waals surface area (Å²) in [5, 5.41) is 3.38. The Morgan fingerprint density at radius 2 is 1.91 bits per heavy atom. The van der Waals surface area contributed by atoms with Crippen molar-refractivity contribution in [2.75, 3.05) is 7.05 Å². The van der Waals surface area contributed by atoms with Crippen LogP contribution in [0, 0.1) is 5.41 Å². The maximum absolute atomic E-state index is 3.38. The van der Waals surface area contributed by atoms with Gasteiger partial charge in [0.2, 0.25) is 0 Å². The van der Waals surface area contributed by atoms with Crippen LogP contribution in [0.25, 0.3) is 0 Å². The summed E-state index contributed by atoms with van der Waals surface area (Å²) < 4.78 is 0. The maximum atomic E-state index is 3.38. The highest BCUT2D eigenvalue weighted by molar-refractivity contribution is 4.78. The van der Waals surface area contributed by atoms with Crippen molar-refractivity contribution < 1.29 is 0 Å². The average molecular weight is 155 g/mol. The van der Waals surface area contributed by atoms with E-state index in [1.54, 1.807) is 0 Å². The first-order valence-corrected chi connectivity index (χ1v) is 4.81. The van der Waals surface area contributed by atoms with E-state index in [9.17, 15) is 0 Å². The van der Waals surface area contributed by atoms with Gasteiger partial charge in [-0.1, -0.05) is 20.3 Å². The molecule has 0 unspecified atom stereocenters. The first-order valence-electron chi connectivity index (χ1n) is 4.81. The number of hydrogen-bond donors (Lipinski definition) is 1. The predicted molar refractivity (Wildman–Crippen MR) is 49.7 cm³/mol. The third-order valence-corrected chi connectivity index (χ3v) is 2.98. The molecule has 0 radical (unpaired) electrons. The lowest BCUT2D eigenvalue weighted by atomic mass is 9.85. The van der Waals surface area contributed by atoms with Crippen LogP contribution in [0.3, 0.4) is 0 Å². The maximum Gasteiger partial charge on any atom is 0.00642 e. The molecule has 1 aliphatic carbocycles. The largest absolute Gasteiger partial charge is 0.317 e. The van der Waals surface area contributed by atoms with Crippen molar-refractivity contribution in [1.82, 2.24) is 5.32 Å². The van der Waals surface area contributed by atoms with Crippen molar-refractivity contribution in [1.29, 1.82) is 0 Å². The molecule has 66 valence electrons. The Hall–Kier alpha value is -0.0400. The van der Waals surface area contributed by atoms with Gasteiger partial charge in [-0.2, -0.15) is 0 Å². The summed E-state index contributed by atoms with van der Waals surface area (Å²) in [6.07, 6.45) is 6.94. The summed E-state index contributed by atoms with van der Waals surface area (Å²) in [6.45, 7) is 4.79. The van der Waals surface area contributed by atoms with Gasteiger partial charge in [0, 0.05) is 6.04 Å². The fourth-order valence-corrected chi connectivity index (χ4v) is 1.95. The van der Waals surface area contributed by atoms with Crippen LogP contribution in [0.1, 0.15) is 46.0 Å². The normalized spacial score (nSPS) is 31.4. The number of nitrogens with one attached hydrogen (secondary N) is 1. The molecule has 0 saturated heterocycles. The van der Waals surface area contributed by atoms with Crippen molar-refractivity contribution in [3.63, 3.8) is 0 Å². The Morgan fingerprint density at radius 3 is 2.55 bits per heavy atom. The highest BCUT2D eigenvalue weighted by atomic mass is 14.9. The predicted octanol–water partition coefficient (Wildman–Crippen LogP) is 2.56. The lowest BCUT2D eigenvalue weighted by molar-refractivity contribution is 0.311. The Kier molecular flexibility index (Phi) is 2.94. The molecule has 0 spiro atoms. The zero-order valence-corrected chi connectivity index (χ0v) is 8.11. The number of rotatable bonds is 1. The molecule has 0 amide bonds. The van der Waals surface area contributed by atoms with E-state index in [1.807, 2.05) is 0 Å². The fraction of sp³-hybridized carbons (Fsp3) is 1.00. The monoisotopic (exact) mass is 155 g/mol. The molecule has 0 aromatic rings. The molecular formula is C10H21N. The van der Waals surface area contributed by atoms with Crippen LogP contribution in [-0.2, 0) is 0 Å². The van der Waals surface area contributed by atoms with E-state index in [-0.39, 0.29) is 0 Å². The van der Waals surface area contributed by atoms with Crippen LogP contribution >= 0.6 is 0 Å². The van der Waals surface area contributed by atoms with E-state index in [4.69, 9.17) is 0 Å². The number of hydrogen-bond acceptors (Lipinski definition) is 1. The molecule has 1 fully saturated rings. The summed E-state index contributed by atoms with van der Waals surface area (Å²) in [7, 11) is 2.09. The van der Waals surface area contributed by atoms with E-state index in [0.29, 0.717) is 5.41 Å². The van der Waals surface area contributed by atoms with Crippen molar-refractivity contribution in [2.45, 2.75) is 52.0 Å². The minimum Gasteiger partial charge on any atom is -0.317 e. The van der Waals surface area contributed by atoms with Gasteiger partial charge in [-0.15, -0.1) is 0 Å². The standard InChI is InChI=1S/C10H21N/c1-10(2)7-4-5-9(11-3)6-8-10/h9,11H,4-8H2,1-3H3/t9-/m0/s1. The first-order chi connectivity index (χ1) is 5.14. The van der Waals surface area contributed by atoms with Crippen LogP contribution in [0.5, 0.6) is 0 Å². The molecule has 0 aromatic carbocycles. The van der Waals surface area contributed by atoms with Gasteiger partial charge in [-0.25, -0.2) is 0 Å². The smallest absolute Gasteiger partial charge is 0.00642 e. The Bertz CT molecular complexity index is 118. The lowest BCUT2D eigenvalue weighted by Crippen LogP contribution is -2.24. The first kappa shape index (κ1) is 9.05. The fourth-order valence-electron chi connectivity index (χ4n) is 1.95. The molecule has 11 heavy (non-hydrogen) atoms. The van der Waals surface area contributed by atoms with Gasteiger partial charge >= 0.3 is 0 Å². The zero-order chi connectivity index (χ0) is 8.32. The Labute approximate surface area is 70.6 Å². The second-order valence-corrected chi connectivity index (χ2v) is 4.58. The minimum absolute atomic E-state index is 0.603. The minimum atomic E-state index is 0.603. The van der Waals surface area contributed by atoms with Crippen LogP contribution in [0.2, 0.25) is 0 Å². The van der Waals surface area contributed by atoms with Crippen molar-refractivity contribution in [3.05, 3.63) is 0 Å². The third-order valence-electron chi connectivity index (χ3n) is 2.98. The lowest BCUT2D eigenvalue weighted by Gasteiger charge is -2.21. The molecule has 1 aliphatic rings. The summed E-state index contributed by atoms with van der Waals surface area (Å²) in [6, 6.07) is 0.789. The second kappa shape index (κ2) is 3.57. The Balaban J connectivity index is 2.39. The van der Waals surface area contributed by atoms with Crippen LogP contribution in [0.4, 0.5) is 0 Å². The van der Waals surface area contributed by atoms with E-state index < -0.39 is 0 Å². The van der Waals surface area contributed by atoms with Crippen molar-refractivity contribution in [2.24, 2.45) is 5.41 Å². The molecule has 1 N–H and O–H groups in total. The van der Waals surface area contributed by atoms with E-state index >= 15 is 0 Å². The molecule has 0 aliphatic heterocycles.